The van der Waals surface area contributed by atoms with Crippen molar-refractivity contribution in [3.05, 3.63) is 29.8 Å². The van der Waals surface area contributed by atoms with E-state index in [-0.39, 0.29) is 0 Å². The summed E-state index contributed by atoms with van der Waals surface area (Å²) in [6, 6.07) is 8.17. The highest BCUT2D eigenvalue weighted by molar-refractivity contribution is 5.99. The Hall–Kier alpha value is -0.763. The second kappa shape index (κ2) is 5.07. The summed E-state index contributed by atoms with van der Waals surface area (Å²) in [6.07, 6.45) is 2.40. The van der Waals surface area contributed by atoms with Crippen molar-refractivity contribution < 1.29 is 4.43 Å². The number of aryl methyl sites for hydroxylation is 1. The Labute approximate surface area is 83.7 Å². The molecule has 0 atom stereocenters. The zero-order valence-electron chi connectivity index (χ0n) is 8.21. The molecule has 68 valence electrons. The van der Waals surface area contributed by atoms with Crippen molar-refractivity contribution in [2.45, 2.75) is 26.7 Å². The van der Waals surface area contributed by atoms with Gasteiger partial charge in [-0.05, 0) is 36.5 Å². The Morgan fingerprint density at radius 2 is 1.85 bits per heavy atom. The van der Waals surface area contributed by atoms with Crippen LogP contribution in [0.15, 0.2) is 24.3 Å². The van der Waals surface area contributed by atoms with Gasteiger partial charge in [0.25, 0.3) is 0 Å². The van der Waals surface area contributed by atoms with Crippen LogP contribution in [0.5, 0.6) is 5.75 Å². The van der Waals surface area contributed by atoms with Gasteiger partial charge in [0.15, 0.2) is 5.75 Å². The molecular formula is C11H15OSi+. The van der Waals surface area contributed by atoms with Crippen LogP contribution in [0.4, 0.5) is 0 Å². The first-order chi connectivity index (χ1) is 6.22. The molecule has 1 rings (SSSR count). The Morgan fingerprint density at radius 3 is 2.31 bits per heavy atom. The Morgan fingerprint density at radius 1 is 1.23 bits per heavy atom. The normalized spacial score (nSPS) is 10.4. The maximum atomic E-state index is 4.90. The molecule has 13 heavy (non-hydrogen) atoms. The standard InChI is InChI=1S/C11H15OSi/c1-9(2)3-4-10-5-7-11(12-13)8-6-10/h5-9H,3-4H2,1-2H3/q+1. The highest BCUT2D eigenvalue weighted by Crippen LogP contribution is 2.14. The monoisotopic (exact) mass is 191 g/mol. The Balaban J connectivity index is 2.49. The average molecular weight is 191 g/mol. The van der Waals surface area contributed by atoms with Crippen LogP contribution in [0.3, 0.4) is 0 Å². The minimum atomic E-state index is 0.770. The fourth-order valence-corrected chi connectivity index (χ4v) is 1.32. The van der Waals surface area contributed by atoms with E-state index in [1.165, 1.54) is 12.0 Å². The SMILES string of the molecule is CC(C)CCc1ccc(O[Si+])cc1. The van der Waals surface area contributed by atoms with Crippen molar-refractivity contribution in [2.75, 3.05) is 0 Å². The van der Waals surface area contributed by atoms with Gasteiger partial charge in [0, 0.05) is 0 Å². The molecule has 0 amide bonds. The van der Waals surface area contributed by atoms with Gasteiger partial charge in [0.1, 0.15) is 0 Å². The molecule has 1 nitrogen and oxygen atoms in total. The number of benzene rings is 1. The number of hydrogen-bond donors (Lipinski definition) is 0. The van der Waals surface area contributed by atoms with Gasteiger partial charge in [-0.1, -0.05) is 26.0 Å². The summed E-state index contributed by atoms with van der Waals surface area (Å²) >= 11 is 0. The number of rotatable bonds is 4. The molecule has 0 aromatic heterocycles. The zero-order valence-corrected chi connectivity index (χ0v) is 9.21. The Bertz CT molecular complexity index is 241. The van der Waals surface area contributed by atoms with E-state index in [2.05, 4.69) is 36.5 Å². The summed E-state index contributed by atoms with van der Waals surface area (Å²) in [5.41, 5.74) is 1.38. The lowest BCUT2D eigenvalue weighted by atomic mass is 10.0. The van der Waals surface area contributed by atoms with Crippen LogP contribution >= 0.6 is 0 Å². The van der Waals surface area contributed by atoms with E-state index in [0.717, 1.165) is 18.1 Å². The first-order valence-corrected chi connectivity index (χ1v) is 5.05. The lowest BCUT2D eigenvalue weighted by molar-refractivity contribution is 0.585. The molecule has 0 saturated heterocycles. The summed E-state index contributed by atoms with van der Waals surface area (Å²) in [7, 11) is 2.99. The van der Waals surface area contributed by atoms with Gasteiger partial charge in [-0.3, -0.25) is 0 Å². The molecule has 0 unspecified atom stereocenters. The van der Waals surface area contributed by atoms with E-state index in [4.69, 9.17) is 4.43 Å². The lowest BCUT2D eigenvalue weighted by Gasteiger charge is -2.04. The Kier molecular flexibility index (Phi) is 4.03. The van der Waals surface area contributed by atoms with Gasteiger partial charge < -0.3 is 4.43 Å². The molecule has 0 bridgehead atoms. The van der Waals surface area contributed by atoms with Crippen molar-refractivity contribution in [2.24, 2.45) is 5.92 Å². The number of hydrogen-bond acceptors (Lipinski definition) is 1. The predicted octanol–water partition coefficient (Wildman–Crippen LogP) is 2.74. The van der Waals surface area contributed by atoms with Crippen LogP contribution in [-0.2, 0) is 6.42 Å². The van der Waals surface area contributed by atoms with Gasteiger partial charge >= 0.3 is 10.5 Å². The third-order valence-electron chi connectivity index (χ3n) is 2.05. The molecule has 1 aromatic rings. The van der Waals surface area contributed by atoms with Crippen molar-refractivity contribution in [1.82, 2.24) is 0 Å². The minimum absolute atomic E-state index is 0.770. The molecule has 2 radical (unpaired) electrons. The minimum Gasteiger partial charge on any atom is -0.304 e. The summed E-state index contributed by atoms with van der Waals surface area (Å²) in [5, 5.41) is 0. The van der Waals surface area contributed by atoms with Crippen LogP contribution < -0.4 is 4.43 Å². The molecule has 2 heteroatoms. The highest BCUT2D eigenvalue weighted by Gasteiger charge is 2.01. The van der Waals surface area contributed by atoms with Crippen LogP contribution in [0.25, 0.3) is 0 Å². The first-order valence-electron chi connectivity index (χ1n) is 4.65. The molecule has 0 aliphatic heterocycles. The molecule has 0 N–H and O–H groups in total. The fraction of sp³-hybridized carbons (Fsp3) is 0.455. The summed E-state index contributed by atoms with van der Waals surface area (Å²) in [6.45, 7) is 4.49. The topological polar surface area (TPSA) is 9.23 Å². The van der Waals surface area contributed by atoms with E-state index in [1.807, 2.05) is 12.1 Å². The third kappa shape index (κ3) is 3.64. The maximum absolute atomic E-state index is 4.90. The van der Waals surface area contributed by atoms with Crippen molar-refractivity contribution in [1.29, 1.82) is 0 Å². The van der Waals surface area contributed by atoms with Crippen LogP contribution in [0, 0.1) is 5.92 Å². The van der Waals surface area contributed by atoms with Gasteiger partial charge in [-0.2, -0.15) is 0 Å². The molecule has 0 fully saturated rings. The average Bonchev–Trinajstić information content (AvgIpc) is 2.15. The van der Waals surface area contributed by atoms with Gasteiger partial charge in [-0.15, -0.1) is 0 Å². The van der Waals surface area contributed by atoms with Crippen molar-refractivity contribution in [3.63, 3.8) is 0 Å². The van der Waals surface area contributed by atoms with E-state index in [1.54, 1.807) is 0 Å². The smallest absolute Gasteiger partial charge is 0.304 e. The van der Waals surface area contributed by atoms with Crippen LogP contribution in [0.2, 0.25) is 0 Å². The molecule has 0 aliphatic rings. The van der Waals surface area contributed by atoms with Crippen LogP contribution in [-0.4, -0.2) is 10.5 Å². The summed E-state index contributed by atoms with van der Waals surface area (Å²) in [4.78, 5) is 0. The zero-order chi connectivity index (χ0) is 9.68. The largest absolute Gasteiger partial charge is 1.03 e. The molecule has 0 spiro atoms. The maximum Gasteiger partial charge on any atom is 1.03 e. The molecular weight excluding hydrogens is 176 g/mol. The van der Waals surface area contributed by atoms with Gasteiger partial charge in [0.2, 0.25) is 0 Å². The summed E-state index contributed by atoms with van der Waals surface area (Å²) in [5.74, 6) is 1.62. The third-order valence-corrected chi connectivity index (χ3v) is 2.29. The second-order valence-corrected chi connectivity index (χ2v) is 3.88. The van der Waals surface area contributed by atoms with Gasteiger partial charge in [-0.25, -0.2) is 0 Å². The van der Waals surface area contributed by atoms with E-state index in [9.17, 15) is 0 Å². The van der Waals surface area contributed by atoms with Crippen molar-refractivity contribution >= 4 is 10.5 Å². The van der Waals surface area contributed by atoms with E-state index >= 15 is 0 Å². The van der Waals surface area contributed by atoms with Crippen LogP contribution in [0.1, 0.15) is 25.8 Å². The molecule has 0 aliphatic carbocycles. The fourth-order valence-electron chi connectivity index (χ4n) is 1.18. The van der Waals surface area contributed by atoms with Gasteiger partial charge in [0.05, 0.1) is 0 Å². The van der Waals surface area contributed by atoms with E-state index < -0.39 is 0 Å². The molecule has 1 aromatic carbocycles. The highest BCUT2D eigenvalue weighted by atomic mass is 28.2. The molecule has 0 heterocycles. The predicted molar refractivity (Wildman–Crippen MR) is 56.0 cm³/mol. The van der Waals surface area contributed by atoms with Crippen molar-refractivity contribution in [3.8, 4) is 5.75 Å². The molecule has 0 saturated carbocycles. The second-order valence-electron chi connectivity index (χ2n) is 3.68. The lowest BCUT2D eigenvalue weighted by Crippen LogP contribution is -1.92. The quantitative estimate of drug-likeness (QED) is 0.665. The first kappa shape index (κ1) is 10.3. The summed E-state index contributed by atoms with van der Waals surface area (Å²) < 4.78 is 4.90. The van der Waals surface area contributed by atoms with E-state index in [0.29, 0.717) is 0 Å².